The maximum Gasteiger partial charge on any atom is 0.0677 e. The van der Waals surface area contributed by atoms with Gasteiger partial charge in [-0.3, -0.25) is 0 Å². The second-order valence-electron chi connectivity index (χ2n) is 5.81. The average Bonchev–Trinajstić information content (AvgIpc) is 2.83. The second kappa shape index (κ2) is 5.50. The maximum absolute atomic E-state index is 10.7. The van der Waals surface area contributed by atoms with Gasteiger partial charge >= 0.3 is 0 Å². The van der Waals surface area contributed by atoms with E-state index in [0.29, 0.717) is 12.0 Å². The van der Waals surface area contributed by atoms with Crippen LogP contribution in [-0.4, -0.2) is 23.3 Å². The quantitative estimate of drug-likeness (QED) is 0.771. The Morgan fingerprint density at radius 3 is 2.31 bits per heavy atom. The minimum absolute atomic E-state index is 0.305. The molecule has 0 bridgehead atoms. The van der Waals surface area contributed by atoms with Crippen LogP contribution in [0.15, 0.2) is 0 Å². The molecule has 0 amide bonds. The van der Waals surface area contributed by atoms with Crippen LogP contribution in [0.5, 0.6) is 0 Å². The molecule has 2 fully saturated rings. The second-order valence-corrected chi connectivity index (χ2v) is 5.81. The smallest absolute Gasteiger partial charge is 0.0677 e. The zero-order chi connectivity index (χ0) is 11.4. The summed E-state index contributed by atoms with van der Waals surface area (Å²) in [7, 11) is 0. The predicted molar refractivity (Wildman–Crippen MR) is 67.5 cm³/mol. The van der Waals surface area contributed by atoms with Crippen molar-refractivity contribution in [2.45, 2.75) is 76.4 Å². The summed E-state index contributed by atoms with van der Waals surface area (Å²) in [5, 5.41) is 14.3. The van der Waals surface area contributed by atoms with Crippen LogP contribution in [0.3, 0.4) is 0 Å². The van der Waals surface area contributed by atoms with Crippen molar-refractivity contribution in [3.8, 4) is 0 Å². The van der Waals surface area contributed by atoms with E-state index in [0.717, 1.165) is 19.4 Å². The van der Waals surface area contributed by atoms with Crippen LogP contribution in [0, 0.1) is 5.92 Å². The van der Waals surface area contributed by atoms with Crippen molar-refractivity contribution in [1.82, 2.24) is 5.32 Å². The molecular formula is C14H27NO. The summed E-state index contributed by atoms with van der Waals surface area (Å²) in [5.74, 6) is 0.611. The highest BCUT2D eigenvalue weighted by Gasteiger charge is 2.40. The van der Waals surface area contributed by atoms with Crippen molar-refractivity contribution >= 4 is 0 Å². The van der Waals surface area contributed by atoms with Crippen molar-refractivity contribution in [1.29, 1.82) is 0 Å². The summed E-state index contributed by atoms with van der Waals surface area (Å²) in [4.78, 5) is 0. The first-order valence-electron chi connectivity index (χ1n) is 7.20. The van der Waals surface area contributed by atoms with E-state index in [1.54, 1.807) is 0 Å². The molecule has 0 radical (unpaired) electrons. The lowest BCUT2D eigenvalue weighted by molar-refractivity contribution is -0.0525. The number of nitrogens with one attached hydrogen (secondary N) is 1. The van der Waals surface area contributed by atoms with Gasteiger partial charge < -0.3 is 10.4 Å². The van der Waals surface area contributed by atoms with Gasteiger partial charge in [0.1, 0.15) is 0 Å². The van der Waals surface area contributed by atoms with Crippen molar-refractivity contribution in [2.24, 2.45) is 5.92 Å². The molecule has 0 spiro atoms. The van der Waals surface area contributed by atoms with Crippen molar-refractivity contribution in [3.63, 3.8) is 0 Å². The summed E-state index contributed by atoms with van der Waals surface area (Å²) >= 11 is 0. The van der Waals surface area contributed by atoms with Crippen LogP contribution in [0.4, 0.5) is 0 Å². The highest BCUT2D eigenvalue weighted by atomic mass is 16.3. The lowest BCUT2D eigenvalue weighted by Crippen LogP contribution is -2.45. The van der Waals surface area contributed by atoms with E-state index >= 15 is 0 Å². The Hall–Kier alpha value is -0.0800. The molecule has 0 heterocycles. The Morgan fingerprint density at radius 1 is 1.12 bits per heavy atom. The summed E-state index contributed by atoms with van der Waals surface area (Å²) in [6, 6.07) is 0.668. The van der Waals surface area contributed by atoms with E-state index in [1.165, 1.54) is 44.9 Å². The molecule has 0 aliphatic heterocycles. The van der Waals surface area contributed by atoms with Gasteiger partial charge in [0.05, 0.1) is 5.60 Å². The lowest BCUT2D eigenvalue weighted by atomic mass is 9.73. The van der Waals surface area contributed by atoms with Gasteiger partial charge in [-0.25, -0.2) is 0 Å². The lowest BCUT2D eigenvalue weighted by Gasteiger charge is -2.40. The molecule has 0 aromatic carbocycles. The molecule has 2 rings (SSSR count). The molecule has 2 N–H and O–H groups in total. The van der Waals surface area contributed by atoms with Gasteiger partial charge in [0, 0.05) is 6.04 Å². The first-order chi connectivity index (χ1) is 7.74. The third-order valence-electron chi connectivity index (χ3n) is 4.65. The molecular weight excluding hydrogens is 198 g/mol. The topological polar surface area (TPSA) is 32.3 Å². The van der Waals surface area contributed by atoms with Crippen LogP contribution in [0.25, 0.3) is 0 Å². The Bertz CT molecular complexity index is 203. The summed E-state index contributed by atoms with van der Waals surface area (Å²) in [6.07, 6.45) is 10.8. The van der Waals surface area contributed by atoms with Gasteiger partial charge in [-0.15, -0.1) is 0 Å². The minimum Gasteiger partial charge on any atom is -0.390 e. The molecule has 2 aliphatic carbocycles. The molecule has 2 heteroatoms. The van der Waals surface area contributed by atoms with E-state index in [-0.39, 0.29) is 5.60 Å². The third kappa shape index (κ3) is 2.78. The molecule has 0 saturated heterocycles. The fourth-order valence-corrected chi connectivity index (χ4v) is 3.54. The first-order valence-corrected chi connectivity index (χ1v) is 7.20. The predicted octanol–water partition coefficient (Wildman–Crippen LogP) is 2.85. The average molecular weight is 225 g/mol. The van der Waals surface area contributed by atoms with Crippen molar-refractivity contribution in [3.05, 3.63) is 0 Å². The maximum atomic E-state index is 10.7. The molecule has 2 saturated carbocycles. The summed E-state index contributed by atoms with van der Waals surface area (Å²) in [5.41, 5.74) is -0.305. The Morgan fingerprint density at radius 2 is 1.75 bits per heavy atom. The van der Waals surface area contributed by atoms with Crippen LogP contribution in [-0.2, 0) is 0 Å². The molecule has 0 aromatic heterocycles. The van der Waals surface area contributed by atoms with Crippen LogP contribution in [0.1, 0.15) is 64.7 Å². The third-order valence-corrected chi connectivity index (χ3v) is 4.65. The summed E-state index contributed by atoms with van der Waals surface area (Å²) < 4.78 is 0. The first kappa shape index (κ1) is 12.4. The van der Waals surface area contributed by atoms with E-state index in [4.69, 9.17) is 0 Å². The number of hydrogen-bond donors (Lipinski definition) is 2. The van der Waals surface area contributed by atoms with Crippen LogP contribution < -0.4 is 5.32 Å². The van der Waals surface area contributed by atoms with Crippen LogP contribution in [0.2, 0.25) is 0 Å². The molecule has 0 atom stereocenters. The van der Waals surface area contributed by atoms with Gasteiger partial charge in [-0.1, -0.05) is 19.8 Å². The van der Waals surface area contributed by atoms with E-state index in [9.17, 15) is 5.11 Å². The molecule has 2 nitrogen and oxygen atoms in total. The fourth-order valence-electron chi connectivity index (χ4n) is 3.54. The van der Waals surface area contributed by atoms with Gasteiger partial charge in [-0.05, 0) is 57.4 Å². The number of hydrogen-bond acceptors (Lipinski definition) is 2. The highest BCUT2D eigenvalue weighted by molar-refractivity contribution is 4.94. The van der Waals surface area contributed by atoms with E-state index in [1.807, 2.05) is 0 Å². The van der Waals surface area contributed by atoms with Gasteiger partial charge in [-0.2, -0.15) is 0 Å². The largest absolute Gasteiger partial charge is 0.390 e. The Balaban J connectivity index is 1.78. The standard InChI is InChI=1S/C14H27NO/c1-2-11-15-13-7-9-14(16,10-8-13)12-5-3-4-6-12/h12-13,15-16H,2-11H2,1H3. The monoisotopic (exact) mass is 225 g/mol. The van der Waals surface area contributed by atoms with Crippen molar-refractivity contribution < 1.29 is 5.11 Å². The zero-order valence-corrected chi connectivity index (χ0v) is 10.7. The SMILES string of the molecule is CCCNC1CCC(O)(C2CCCC2)CC1. The van der Waals surface area contributed by atoms with Crippen LogP contribution >= 0.6 is 0 Å². The normalized spacial score (nSPS) is 36.8. The molecule has 94 valence electrons. The zero-order valence-electron chi connectivity index (χ0n) is 10.7. The van der Waals surface area contributed by atoms with Gasteiger partial charge in [0.15, 0.2) is 0 Å². The molecule has 16 heavy (non-hydrogen) atoms. The minimum atomic E-state index is -0.305. The Kier molecular flexibility index (Phi) is 4.26. The number of rotatable bonds is 4. The van der Waals surface area contributed by atoms with E-state index in [2.05, 4.69) is 12.2 Å². The molecule has 2 aliphatic rings. The van der Waals surface area contributed by atoms with Crippen molar-refractivity contribution in [2.75, 3.05) is 6.54 Å². The summed E-state index contributed by atoms with van der Waals surface area (Å²) in [6.45, 7) is 3.34. The highest BCUT2D eigenvalue weighted by Crippen LogP contribution is 2.42. The van der Waals surface area contributed by atoms with Gasteiger partial charge in [0.25, 0.3) is 0 Å². The molecule has 0 aromatic rings. The van der Waals surface area contributed by atoms with Gasteiger partial charge in [0.2, 0.25) is 0 Å². The Labute approximate surface area is 99.8 Å². The van der Waals surface area contributed by atoms with E-state index < -0.39 is 0 Å². The number of aliphatic hydroxyl groups is 1. The molecule has 0 unspecified atom stereocenters. The fraction of sp³-hybridized carbons (Fsp3) is 1.00.